The SMILES string of the molecule is CCOC(=O)Cc1cccc(C(F)(F)F)c1. The Morgan fingerprint density at radius 3 is 2.62 bits per heavy atom. The first kappa shape index (κ1) is 12.5. The van der Waals surface area contributed by atoms with Crippen LogP contribution in [0.3, 0.4) is 0 Å². The van der Waals surface area contributed by atoms with E-state index in [9.17, 15) is 18.0 Å². The molecule has 0 saturated carbocycles. The van der Waals surface area contributed by atoms with Gasteiger partial charge in [0.25, 0.3) is 0 Å². The van der Waals surface area contributed by atoms with Gasteiger partial charge in [-0.1, -0.05) is 18.2 Å². The Bertz CT molecular complexity index is 372. The summed E-state index contributed by atoms with van der Waals surface area (Å²) < 4.78 is 41.7. The molecule has 1 rings (SSSR count). The largest absolute Gasteiger partial charge is 0.466 e. The lowest BCUT2D eigenvalue weighted by Gasteiger charge is -2.08. The molecular formula is C11H11F3O2. The maximum Gasteiger partial charge on any atom is 0.416 e. The number of hydrogen-bond donors (Lipinski definition) is 0. The molecule has 0 radical (unpaired) electrons. The molecule has 0 spiro atoms. The van der Waals surface area contributed by atoms with E-state index in [2.05, 4.69) is 4.74 Å². The van der Waals surface area contributed by atoms with E-state index >= 15 is 0 Å². The fraction of sp³-hybridized carbons (Fsp3) is 0.364. The molecule has 0 aliphatic heterocycles. The van der Waals surface area contributed by atoms with Crippen molar-refractivity contribution in [2.24, 2.45) is 0 Å². The molecule has 0 aliphatic rings. The van der Waals surface area contributed by atoms with Crippen LogP contribution in [0.25, 0.3) is 0 Å². The molecule has 0 saturated heterocycles. The maximum absolute atomic E-state index is 12.3. The summed E-state index contributed by atoms with van der Waals surface area (Å²) in [4.78, 5) is 11.1. The number of carbonyl (C=O) groups excluding carboxylic acids is 1. The van der Waals surface area contributed by atoms with Gasteiger partial charge >= 0.3 is 12.1 Å². The highest BCUT2D eigenvalue weighted by atomic mass is 19.4. The number of esters is 1. The minimum Gasteiger partial charge on any atom is -0.466 e. The summed E-state index contributed by atoms with van der Waals surface area (Å²) in [5, 5.41) is 0. The van der Waals surface area contributed by atoms with Crippen LogP contribution in [0.4, 0.5) is 13.2 Å². The fourth-order valence-corrected chi connectivity index (χ4v) is 1.24. The summed E-state index contributed by atoms with van der Waals surface area (Å²) in [5.41, 5.74) is -0.456. The normalized spacial score (nSPS) is 11.2. The molecule has 0 aromatic heterocycles. The quantitative estimate of drug-likeness (QED) is 0.749. The van der Waals surface area contributed by atoms with Gasteiger partial charge in [0.2, 0.25) is 0 Å². The summed E-state index contributed by atoms with van der Waals surface area (Å²) in [6.45, 7) is 1.86. The van der Waals surface area contributed by atoms with Gasteiger partial charge in [-0.3, -0.25) is 4.79 Å². The van der Waals surface area contributed by atoms with Gasteiger partial charge in [0.1, 0.15) is 0 Å². The predicted molar refractivity (Wildman–Crippen MR) is 51.8 cm³/mol. The minimum absolute atomic E-state index is 0.141. The first-order valence-electron chi connectivity index (χ1n) is 4.75. The topological polar surface area (TPSA) is 26.3 Å². The van der Waals surface area contributed by atoms with E-state index in [4.69, 9.17) is 0 Å². The van der Waals surface area contributed by atoms with Gasteiger partial charge in [-0.25, -0.2) is 0 Å². The highest BCUT2D eigenvalue weighted by Gasteiger charge is 2.30. The number of halogens is 3. The van der Waals surface area contributed by atoms with Gasteiger partial charge in [-0.2, -0.15) is 13.2 Å². The van der Waals surface area contributed by atoms with Crippen LogP contribution in [0.5, 0.6) is 0 Å². The van der Waals surface area contributed by atoms with Crippen LogP contribution in [0.15, 0.2) is 24.3 Å². The lowest BCUT2D eigenvalue weighted by molar-refractivity contribution is -0.142. The molecule has 0 N–H and O–H groups in total. The Kier molecular flexibility index (Phi) is 3.93. The van der Waals surface area contributed by atoms with E-state index < -0.39 is 17.7 Å². The molecule has 2 nitrogen and oxygen atoms in total. The number of benzene rings is 1. The van der Waals surface area contributed by atoms with Crippen molar-refractivity contribution in [3.05, 3.63) is 35.4 Å². The lowest BCUT2D eigenvalue weighted by Crippen LogP contribution is -2.09. The molecule has 16 heavy (non-hydrogen) atoms. The molecule has 0 heterocycles. The summed E-state index contributed by atoms with van der Waals surface area (Å²) in [5.74, 6) is -0.526. The Morgan fingerprint density at radius 2 is 2.06 bits per heavy atom. The standard InChI is InChI=1S/C11H11F3O2/c1-2-16-10(15)7-8-4-3-5-9(6-8)11(12,13)14/h3-6H,2,7H2,1H3. The highest BCUT2D eigenvalue weighted by Crippen LogP contribution is 2.29. The zero-order valence-corrected chi connectivity index (χ0v) is 8.67. The maximum atomic E-state index is 12.3. The van der Waals surface area contributed by atoms with Crippen LogP contribution in [-0.2, 0) is 22.1 Å². The van der Waals surface area contributed by atoms with E-state index in [1.807, 2.05) is 0 Å². The lowest BCUT2D eigenvalue weighted by atomic mass is 10.1. The van der Waals surface area contributed by atoms with Gasteiger partial charge < -0.3 is 4.74 Å². The second-order valence-electron chi connectivity index (χ2n) is 3.18. The third-order valence-electron chi connectivity index (χ3n) is 1.91. The highest BCUT2D eigenvalue weighted by molar-refractivity contribution is 5.72. The average molecular weight is 232 g/mol. The zero-order chi connectivity index (χ0) is 12.2. The summed E-state index contributed by atoms with van der Waals surface area (Å²) >= 11 is 0. The Morgan fingerprint density at radius 1 is 1.38 bits per heavy atom. The van der Waals surface area contributed by atoms with Gasteiger partial charge in [-0.05, 0) is 18.6 Å². The van der Waals surface area contributed by atoms with Crippen LogP contribution < -0.4 is 0 Å². The molecule has 0 fully saturated rings. The van der Waals surface area contributed by atoms with Crippen molar-refractivity contribution in [2.75, 3.05) is 6.61 Å². The van der Waals surface area contributed by atoms with Crippen LogP contribution in [0, 0.1) is 0 Å². The molecular weight excluding hydrogens is 221 g/mol. The Hall–Kier alpha value is -1.52. The molecule has 0 atom stereocenters. The van der Waals surface area contributed by atoms with Crippen LogP contribution in [0.2, 0.25) is 0 Å². The molecule has 0 aliphatic carbocycles. The number of carbonyl (C=O) groups is 1. The van der Waals surface area contributed by atoms with Gasteiger partial charge in [0.15, 0.2) is 0 Å². The van der Waals surface area contributed by atoms with Crippen molar-refractivity contribution in [2.45, 2.75) is 19.5 Å². The van der Waals surface area contributed by atoms with E-state index in [1.165, 1.54) is 12.1 Å². The summed E-state index contributed by atoms with van der Waals surface area (Å²) in [7, 11) is 0. The minimum atomic E-state index is -4.38. The number of alkyl halides is 3. The molecule has 0 bridgehead atoms. The van der Waals surface area contributed by atoms with Gasteiger partial charge in [0.05, 0.1) is 18.6 Å². The fourth-order valence-electron chi connectivity index (χ4n) is 1.24. The van der Waals surface area contributed by atoms with Gasteiger partial charge in [-0.15, -0.1) is 0 Å². The Labute approximate surface area is 91.0 Å². The van der Waals surface area contributed by atoms with Crippen molar-refractivity contribution >= 4 is 5.97 Å². The molecule has 88 valence electrons. The van der Waals surface area contributed by atoms with E-state index in [0.29, 0.717) is 5.56 Å². The van der Waals surface area contributed by atoms with Crippen molar-refractivity contribution in [3.8, 4) is 0 Å². The molecule has 1 aromatic rings. The molecule has 0 amide bonds. The molecule has 0 unspecified atom stereocenters. The van der Waals surface area contributed by atoms with Crippen LogP contribution in [-0.4, -0.2) is 12.6 Å². The van der Waals surface area contributed by atoms with E-state index in [1.54, 1.807) is 6.92 Å². The summed E-state index contributed by atoms with van der Waals surface area (Å²) in [6, 6.07) is 4.66. The van der Waals surface area contributed by atoms with E-state index in [0.717, 1.165) is 12.1 Å². The van der Waals surface area contributed by atoms with Gasteiger partial charge in [0, 0.05) is 0 Å². The second-order valence-corrected chi connectivity index (χ2v) is 3.18. The van der Waals surface area contributed by atoms with Crippen molar-refractivity contribution in [1.82, 2.24) is 0 Å². The third-order valence-corrected chi connectivity index (χ3v) is 1.91. The number of hydrogen-bond acceptors (Lipinski definition) is 2. The van der Waals surface area contributed by atoms with E-state index in [-0.39, 0.29) is 13.0 Å². The van der Waals surface area contributed by atoms with Crippen LogP contribution >= 0.6 is 0 Å². The molecule has 1 aromatic carbocycles. The average Bonchev–Trinajstić information content (AvgIpc) is 2.17. The summed E-state index contributed by atoms with van der Waals surface area (Å²) in [6.07, 6.45) is -4.53. The van der Waals surface area contributed by atoms with Crippen molar-refractivity contribution in [3.63, 3.8) is 0 Å². The number of rotatable bonds is 3. The third kappa shape index (κ3) is 3.56. The Balaban J connectivity index is 2.79. The number of ether oxygens (including phenoxy) is 1. The zero-order valence-electron chi connectivity index (χ0n) is 8.67. The van der Waals surface area contributed by atoms with Crippen molar-refractivity contribution < 1.29 is 22.7 Å². The predicted octanol–water partition coefficient (Wildman–Crippen LogP) is 2.81. The second kappa shape index (κ2) is 5.01. The molecule has 5 heteroatoms. The first-order chi connectivity index (χ1) is 7.43. The first-order valence-corrected chi connectivity index (χ1v) is 4.75. The van der Waals surface area contributed by atoms with Crippen LogP contribution in [0.1, 0.15) is 18.1 Å². The smallest absolute Gasteiger partial charge is 0.416 e. The monoisotopic (exact) mass is 232 g/mol. The van der Waals surface area contributed by atoms with Crippen molar-refractivity contribution in [1.29, 1.82) is 0 Å².